The molecule has 1 aliphatic heterocycles. The molecule has 7 nitrogen and oxygen atoms in total. The van der Waals surface area contributed by atoms with Crippen LogP contribution in [0, 0.1) is 6.92 Å². The minimum atomic E-state index is -3.56. The minimum Gasteiger partial charge on any atom is -0.340 e. The van der Waals surface area contributed by atoms with Crippen molar-refractivity contribution in [1.82, 2.24) is 19.2 Å². The number of nitrogens with one attached hydrogen (secondary N) is 1. The standard InChI is InChI=1S/C27H28ClN5O2S/c1-19-7-11-22(12-8-19)29-27-24-5-3-4-6-25(24)30-26(31-27)20(2)32-15-17-33(18-16-32)36(34,35)23-13-9-21(28)10-14-23/h3-14,20H,15-18H2,1-2H3,(H,29,30,31). The third-order valence-electron chi connectivity index (χ3n) is 6.58. The second kappa shape index (κ2) is 10.1. The number of hydrogen-bond acceptors (Lipinski definition) is 6. The van der Waals surface area contributed by atoms with E-state index in [1.165, 1.54) is 9.87 Å². The van der Waals surface area contributed by atoms with Crippen molar-refractivity contribution < 1.29 is 8.42 Å². The summed E-state index contributed by atoms with van der Waals surface area (Å²) in [7, 11) is -3.56. The van der Waals surface area contributed by atoms with Gasteiger partial charge in [0.2, 0.25) is 10.0 Å². The van der Waals surface area contributed by atoms with Crippen molar-refractivity contribution in [3.63, 3.8) is 0 Å². The lowest BCUT2D eigenvalue weighted by Gasteiger charge is -2.36. The molecule has 1 saturated heterocycles. The highest BCUT2D eigenvalue weighted by molar-refractivity contribution is 7.89. The molecule has 5 rings (SSSR count). The number of benzene rings is 3. The summed E-state index contributed by atoms with van der Waals surface area (Å²) < 4.78 is 27.7. The van der Waals surface area contributed by atoms with Crippen molar-refractivity contribution in [1.29, 1.82) is 0 Å². The van der Waals surface area contributed by atoms with E-state index < -0.39 is 10.0 Å². The van der Waals surface area contributed by atoms with E-state index in [-0.39, 0.29) is 10.9 Å². The van der Waals surface area contributed by atoms with E-state index in [4.69, 9.17) is 21.6 Å². The highest BCUT2D eigenvalue weighted by Crippen LogP contribution is 2.28. The van der Waals surface area contributed by atoms with Gasteiger partial charge in [0.05, 0.1) is 16.5 Å². The monoisotopic (exact) mass is 521 g/mol. The van der Waals surface area contributed by atoms with E-state index in [1.807, 2.05) is 36.4 Å². The van der Waals surface area contributed by atoms with E-state index in [0.717, 1.165) is 22.4 Å². The average molecular weight is 522 g/mol. The number of piperazine rings is 1. The molecule has 36 heavy (non-hydrogen) atoms. The predicted octanol–water partition coefficient (Wildman–Crippen LogP) is 5.40. The van der Waals surface area contributed by atoms with Crippen LogP contribution in [-0.4, -0.2) is 53.8 Å². The first-order valence-electron chi connectivity index (χ1n) is 11.9. The Morgan fingerprint density at radius 1 is 0.889 bits per heavy atom. The van der Waals surface area contributed by atoms with E-state index in [0.29, 0.717) is 37.0 Å². The van der Waals surface area contributed by atoms with Gasteiger partial charge in [-0.3, -0.25) is 4.90 Å². The van der Waals surface area contributed by atoms with Crippen LogP contribution in [0.2, 0.25) is 5.02 Å². The van der Waals surface area contributed by atoms with Crippen LogP contribution in [0.1, 0.15) is 24.4 Å². The van der Waals surface area contributed by atoms with Gasteiger partial charge in [-0.2, -0.15) is 4.31 Å². The van der Waals surface area contributed by atoms with Crippen LogP contribution in [0.25, 0.3) is 10.9 Å². The molecule has 9 heteroatoms. The topological polar surface area (TPSA) is 78.4 Å². The number of para-hydroxylation sites is 1. The lowest BCUT2D eigenvalue weighted by molar-refractivity contribution is 0.141. The third-order valence-corrected chi connectivity index (χ3v) is 8.75. The maximum Gasteiger partial charge on any atom is 0.243 e. The number of anilines is 2. The smallest absolute Gasteiger partial charge is 0.243 e. The highest BCUT2D eigenvalue weighted by atomic mass is 35.5. The number of rotatable bonds is 6. The Kier molecular flexibility index (Phi) is 6.94. The van der Waals surface area contributed by atoms with Crippen LogP contribution < -0.4 is 5.32 Å². The Labute approximate surface area is 216 Å². The molecule has 4 aromatic rings. The molecule has 1 N–H and O–H groups in total. The Hall–Kier alpha value is -3.04. The minimum absolute atomic E-state index is 0.0754. The second-order valence-electron chi connectivity index (χ2n) is 9.01. The lowest BCUT2D eigenvalue weighted by Crippen LogP contribution is -2.49. The van der Waals surface area contributed by atoms with E-state index in [9.17, 15) is 8.42 Å². The second-order valence-corrected chi connectivity index (χ2v) is 11.4. The third kappa shape index (κ3) is 5.08. The van der Waals surface area contributed by atoms with Gasteiger partial charge in [-0.05, 0) is 62.4 Å². The van der Waals surface area contributed by atoms with Crippen molar-refractivity contribution in [3.8, 4) is 0 Å². The maximum absolute atomic E-state index is 13.1. The highest BCUT2D eigenvalue weighted by Gasteiger charge is 2.31. The summed E-state index contributed by atoms with van der Waals surface area (Å²) in [5.41, 5.74) is 3.02. The molecule has 0 radical (unpaired) electrons. The molecule has 1 unspecified atom stereocenters. The molecular weight excluding hydrogens is 494 g/mol. The fourth-order valence-corrected chi connectivity index (χ4v) is 5.95. The zero-order valence-corrected chi connectivity index (χ0v) is 21.8. The molecule has 1 atom stereocenters. The number of nitrogens with zero attached hydrogens (tertiary/aromatic N) is 4. The number of fused-ring (bicyclic) bond motifs is 1. The summed E-state index contributed by atoms with van der Waals surface area (Å²) in [6.45, 7) is 6.11. The molecule has 0 spiro atoms. The normalized spacial score (nSPS) is 16.2. The number of sulfonamides is 1. The van der Waals surface area contributed by atoms with Crippen LogP contribution in [-0.2, 0) is 10.0 Å². The zero-order chi connectivity index (χ0) is 25.3. The first kappa shape index (κ1) is 24.6. The Morgan fingerprint density at radius 3 is 2.25 bits per heavy atom. The van der Waals surface area contributed by atoms with Gasteiger partial charge in [0, 0.05) is 42.3 Å². The number of aryl methyl sites for hydroxylation is 1. The van der Waals surface area contributed by atoms with Gasteiger partial charge in [-0.1, -0.05) is 41.4 Å². The van der Waals surface area contributed by atoms with E-state index in [1.54, 1.807) is 24.3 Å². The number of hydrogen-bond donors (Lipinski definition) is 1. The summed E-state index contributed by atoms with van der Waals surface area (Å²) >= 11 is 5.93. The van der Waals surface area contributed by atoms with Crippen molar-refractivity contribution in [2.24, 2.45) is 0 Å². The van der Waals surface area contributed by atoms with Gasteiger partial charge in [-0.25, -0.2) is 18.4 Å². The fourth-order valence-electron chi connectivity index (χ4n) is 4.40. The maximum atomic E-state index is 13.1. The molecule has 0 amide bonds. The Morgan fingerprint density at radius 2 is 1.56 bits per heavy atom. The number of halogens is 1. The van der Waals surface area contributed by atoms with Crippen molar-refractivity contribution in [2.75, 3.05) is 31.5 Å². The molecule has 0 bridgehead atoms. The molecule has 0 saturated carbocycles. The largest absolute Gasteiger partial charge is 0.340 e. The zero-order valence-electron chi connectivity index (χ0n) is 20.2. The summed E-state index contributed by atoms with van der Waals surface area (Å²) in [6, 6.07) is 22.4. The predicted molar refractivity (Wildman–Crippen MR) is 144 cm³/mol. The van der Waals surface area contributed by atoms with Crippen LogP contribution in [0.4, 0.5) is 11.5 Å². The van der Waals surface area contributed by atoms with Gasteiger partial charge >= 0.3 is 0 Å². The van der Waals surface area contributed by atoms with Crippen molar-refractivity contribution in [2.45, 2.75) is 24.8 Å². The van der Waals surface area contributed by atoms with Gasteiger partial charge in [0.15, 0.2) is 0 Å². The Balaban J connectivity index is 1.35. The first-order chi connectivity index (χ1) is 17.3. The summed E-state index contributed by atoms with van der Waals surface area (Å²) in [6.07, 6.45) is 0. The molecule has 186 valence electrons. The van der Waals surface area contributed by atoms with Gasteiger partial charge < -0.3 is 5.32 Å². The van der Waals surface area contributed by atoms with Crippen LogP contribution in [0.5, 0.6) is 0 Å². The SMILES string of the molecule is Cc1ccc(Nc2nc(C(C)N3CCN(S(=O)(=O)c4ccc(Cl)cc4)CC3)nc3ccccc23)cc1. The Bertz CT molecular complexity index is 1470. The molecule has 1 aromatic heterocycles. The summed E-state index contributed by atoms with van der Waals surface area (Å²) in [4.78, 5) is 12.3. The lowest BCUT2D eigenvalue weighted by atomic mass is 10.2. The molecule has 3 aromatic carbocycles. The molecular formula is C27H28ClN5O2S. The van der Waals surface area contributed by atoms with Crippen molar-refractivity contribution in [3.05, 3.63) is 89.2 Å². The average Bonchev–Trinajstić information content (AvgIpc) is 2.90. The fraction of sp³-hybridized carbons (Fsp3) is 0.259. The van der Waals surface area contributed by atoms with Gasteiger partial charge in [0.1, 0.15) is 11.6 Å². The summed E-state index contributed by atoms with van der Waals surface area (Å²) in [5.74, 6) is 1.47. The first-order valence-corrected chi connectivity index (χ1v) is 13.7. The van der Waals surface area contributed by atoms with Crippen LogP contribution >= 0.6 is 11.6 Å². The number of aromatic nitrogens is 2. The quantitative estimate of drug-likeness (QED) is 0.366. The molecule has 1 fully saturated rings. The van der Waals surface area contributed by atoms with Crippen LogP contribution in [0.15, 0.2) is 77.7 Å². The summed E-state index contributed by atoms with van der Waals surface area (Å²) in [5, 5.41) is 4.92. The van der Waals surface area contributed by atoms with Crippen LogP contribution in [0.3, 0.4) is 0 Å². The van der Waals surface area contributed by atoms with Gasteiger partial charge in [0.25, 0.3) is 0 Å². The van der Waals surface area contributed by atoms with E-state index in [2.05, 4.69) is 36.2 Å². The van der Waals surface area contributed by atoms with Gasteiger partial charge in [-0.15, -0.1) is 0 Å². The van der Waals surface area contributed by atoms with Crippen molar-refractivity contribution >= 4 is 44.0 Å². The van der Waals surface area contributed by atoms with E-state index >= 15 is 0 Å². The molecule has 0 aliphatic carbocycles. The molecule has 1 aliphatic rings. The molecule has 2 heterocycles.